The number of hydrogen-bond acceptors (Lipinski definition) is 5. The molecule has 6 rings (SSSR count). The van der Waals surface area contributed by atoms with E-state index in [4.69, 9.17) is 14.2 Å². The summed E-state index contributed by atoms with van der Waals surface area (Å²) >= 11 is 7.13. The zero-order valence-corrected chi connectivity index (χ0v) is 26.0. The van der Waals surface area contributed by atoms with E-state index in [2.05, 4.69) is 42.5 Å². The zero-order valence-electron chi connectivity index (χ0n) is 22.8. The molecule has 0 aliphatic heterocycles. The van der Waals surface area contributed by atoms with Gasteiger partial charge in [-0.1, -0.05) is 72.8 Å². The van der Waals surface area contributed by atoms with Crippen LogP contribution in [-0.4, -0.2) is 0 Å². The number of ether oxygens (including phenoxy) is 3. The van der Waals surface area contributed by atoms with Crippen LogP contribution in [0.15, 0.2) is 155 Å². The van der Waals surface area contributed by atoms with Crippen LogP contribution >= 0.6 is 31.9 Å². The average Bonchev–Trinajstić information content (AvgIpc) is 3.03. The van der Waals surface area contributed by atoms with E-state index < -0.39 is 0 Å². The van der Waals surface area contributed by atoms with E-state index in [9.17, 15) is 0 Å². The van der Waals surface area contributed by atoms with E-state index in [1.165, 1.54) is 0 Å². The summed E-state index contributed by atoms with van der Waals surface area (Å²) in [7, 11) is 0. The molecule has 0 saturated heterocycles. The van der Waals surface area contributed by atoms with E-state index in [-0.39, 0.29) is 0 Å². The lowest BCUT2D eigenvalue weighted by Crippen LogP contribution is -1.99. The molecule has 0 saturated carbocycles. The van der Waals surface area contributed by atoms with Crippen LogP contribution in [-0.2, 0) is 0 Å². The van der Waals surface area contributed by atoms with E-state index in [1.54, 1.807) is 0 Å². The minimum atomic E-state index is 0.658. The van der Waals surface area contributed by atoms with Gasteiger partial charge in [0.25, 0.3) is 0 Å². The molecular weight excluding hydrogens is 668 g/mol. The first kappa shape index (κ1) is 28.4. The smallest absolute Gasteiger partial charge is 0.150 e. The molecule has 43 heavy (non-hydrogen) atoms. The number of rotatable bonds is 10. The third-order valence-corrected chi connectivity index (χ3v) is 7.73. The quantitative estimate of drug-likeness (QED) is 0.150. The van der Waals surface area contributed by atoms with Crippen LogP contribution in [0, 0.1) is 0 Å². The Kier molecular flexibility index (Phi) is 8.92. The van der Waals surface area contributed by atoms with Gasteiger partial charge >= 0.3 is 0 Å². The molecule has 0 aliphatic rings. The molecule has 0 radical (unpaired) electrons. The van der Waals surface area contributed by atoms with Crippen molar-refractivity contribution >= 4 is 54.6 Å². The van der Waals surface area contributed by atoms with Crippen molar-refractivity contribution in [2.24, 2.45) is 0 Å². The van der Waals surface area contributed by atoms with Gasteiger partial charge in [0, 0.05) is 0 Å². The molecule has 0 aromatic heterocycles. The van der Waals surface area contributed by atoms with Crippen molar-refractivity contribution in [1.82, 2.24) is 0 Å². The summed E-state index contributed by atoms with van der Waals surface area (Å²) in [6, 6.07) is 46.8. The van der Waals surface area contributed by atoms with Gasteiger partial charge in [0.2, 0.25) is 0 Å². The van der Waals surface area contributed by atoms with E-state index >= 15 is 0 Å². The first-order valence-corrected chi connectivity index (χ1v) is 15.2. The van der Waals surface area contributed by atoms with Gasteiger partial charge in [0.1, 0.15) is 11.5 Å². The number of hydrogen-bond donors (Lipinski definition) is 2. The molecule has 0 amide bonds. The molecule has 0 heterocycles. The second-order valence-corrected chi connectivity index (χ2v) is 11.1. The van der Waals surface area contributed by atoms with Gasteiger partial charge in [0.05, 0.1) is 31.7 Å². The van der Waals surface area contributed by atoms with Crippen molar-refractivity contribution in [2.45, 2.75) is 0 Å². The Hall–Kier alpha value is -4.72. The molecule has 0 unspecified atom stereocenters. The van der Waals surface area contributed by atoms with Crippen molar-refractivity contribution in [3.8, 4) is 34.5 Å². The molecule has 7 heteroatoms. The molecule has 2 N–H and O–H groups in total. The maximum absolute atomic E-state index is 6.52. The minimum Gasteiger partial charge on any atom is -0.454 e. The fourth-order valence-electron chi connectivity index (χ4n) is 4.34. The number of nitrogens with one attached hydrogen (secondary N) is 2. The highest BCUT2D eigenvalue weighted by Crippen LogP contribution is 2.41. The molecule has 6 aromatic carbocycles. The molecule has 5 nitrogen and oxygen atoms in total. The highest BCUT2D eigenvalue weighted by molar-refractivity contribution is 9.10. The molecule has 212 valence electrons. The predicted molar refractivity (Wildman–Crippen MR) is 181 cm³/mol. The first-order valence-electron chi connectivity index (χ1n) is 13.6. The number of anilines is 4. The standard InChI is InChI=1S/C36H26Br2N2O3/c37-25-13-1-7-19-31(25)41-33-21-9-3-15-27(33)39-29-17-5-11-23-35(29)43-36-24-12-6-18-30(36)40-28-16-4-10-22-34(28)42-32-20-8-2-14-26(32)38/h1-24,39-40H. The van der Waals surface area contributed by atoms with Gasteiger partial charge in [0.15, 0.2) is 23.0 Å². The maximum atomic E-state index is 6.52. The van der Waals surface area contributed by atoms with Crippen LogP contribution < -0.4 is 24.8 Å². The fourth-order valence-corrected chi connectivity index (χ4v) is 5.07. The van der Waals surface area contributed by atoms with Crippen LogP contribution in [0.1, 0.15) is 0 Å². The molecule has 6 aromatic rings. The molecule has 0 bridgehead atoms. The Morgan fingerprint density at radius 3 is 0.837 bits per heavy atom. The van der Waals surface area contributed by atoms with Crippen LogP contribution in [0.4, 0.5) is 22.7 Å². The van der Waals surface area contributed by atoms with Crippen LogP contribution in [0.3, 0.4) is 0 Å². The van der Waals surface area contributed by atoms with Gasteiger partial charge < -0.3 is 24.8 Å². The van der Waals surface area contributed by atoms with Crippen molar-refractivity contribution in [1.29, 1.82) is 0 Å². The first-order chi connectivity index (χ1) is 21.1. The summed E-state index contributed by atoms with van der Waals surface area (Å²) in [4.78, 5) is 0. The Labute approximate surface area is 267 Å². The van der Waals surface area contributed by atoms with Crippen molar-refractivity contribution in [3.63, 3.8) is 0 Å². The Morgan fingerprint density at radius 1 is 0.302 bits per heavy atom. The highest BCUT2D eigenvalue weighted by atomic mass is 79.9. The Balaban J connectivity index is 1.25. The van der Waals surface area contributed by atoms with Crippen molar-refractivity contribution < 1.29 is 14.2 Å². The van der Waals surface area contributed by atoms with Crippen molar-refractivity contribution in [2.75, 3.05) is 10.6 Å². The average molecular weight is 694 g/mol. The largest absolute Gasteiger partial charge is 0.454 e. The normalized spacial score (nSPS) is 10.6. The second kappa shape index (κ2) is 13.5. The number of halogens is 2. The molecule has 0 fully saturated rings. The van der Waals surface area contributed by atoms with E-state index in [1.807, 2.05) is 146 Å². The monoisotopic (exact) mass is 692 g/mol. The second-order valence-electron chi connectivity index (χ2n) is 9.40. The summed E-state index contributed by atoms with van der Waals surface area (Å²) in [5.41, 5.74) is 3.19. The maximum Gasteiger partial charge on any atom is 0.150 e. The van der Waals surface area contributed by atoms with E-state index in [0.29, 0.717) is 23.0 Å². The molecular formula is C36H26Br2N2O3. The molecule has 0 spiro atoms. The highest BCUT2D eigenvalue weighted by Gasteiger charge is 2.14. The topological polar surface area (TPSA) is 51.8 Å². The Bertz CT molecular complexity index is 1730. The number of benzene rings is 6. The van der Waals surface area contributed by atoms with Crippen LogP contribution in [0.5, 0.6) is 34.5 Å². The van der Waals surface area contributed by atoms with E-state index in [0.717, 1.165) is 43.2 Å². The van der Waals surface area contributed by atoms with Crippen molar-refractivity contribution in [3.05, 3.63) is 155 Å². The molecule has 0 atom stereocenters. The summed E-state index contributed by atoms with van der Waals surface area (Å²) in [5, 5.41) is 7.00. The third kappa shape index (κ3) is 7.02. The lowest BCUT2D eigenvalue weighted by molar-refractivity contribution is 0.480. The van der Waals surface area contributed by atoms with Crippen LogP contribution in [0.25, 0.3) is 0 Å². The Morgan fingerprint density at radius 2 is 0.535 bits per heavy atom. The van der Waals surface area contributed by atoms with Gasteiger partial charge in [-0.25, -0.2) is 0 Å². The molecule has 0 aliphatic carbocycles. The van der Waals surface area contributed by atoms with Crippen LogP contribution in [0.2, 0.25) is 0 Å². The lowest BCUT2D eigenvalue weighted by atomic mass is 10.2. The van der Waals surface area contributed by atoms with Gasteiger partial charge in [-0.3, -0.25) is 0 Å². The lowest BCUT2D eigenvalue weighted by Gasteiger charge is -2.19. The minimum absolute atomic E-state index is 0.658. The summed E-state index contributed by atoms with van der Waals surface area (Å²) in [6.07, 6.45) is 0. The zero-order chi connectivity index (χ0) is 29.4. The van der Waals surface area contributed by atoms with Gasteiger partial charge in [-0.2, -0.15) is 0 Å². The fraction of sp³-hybridized carbons (Fsp3) is 0. The summed E-state index contributed by atoms with van der Waals surface area (Å²) < 4.78 is 20.8. The predicted octanol–water partition coefficient (Wildman–Crippen LogP) is 12.1. The summed E-state index contributed by atoms with van der Waals surface area (Å²) in [5.74, 6) is 4.14. The van der Waals surface area contributed by atoms with Gasteiger partial charge in [-0.15, -0.1) is 0 Å². The summed E-state index contributed by atoms with van der Waals surface area (Å²) in [6.45, 7) is 0. The SMILES string of the molecule is Brc1ccccc1Oc1ccccc1Nc1ccccc1Oc1ccccc1Nc1ccccc1Oc1ccccc1Br. The third-order valence-electron chi connectivity index (χ3n) is 6.42. The van der Waals surface area contributed by atoms with Gasteiger partial charge in [-0.05, 0) is 105 Å². The number of para-hydroxylation sites is 10.